The van der Waals surface area contributed by atoms with Gasteiger partial charge in [-0.3, -0.25) is 9.59 Å². The smallest absolute Gasteiger partial charge is 0.251 e. The maximum atomic E-state index is 12.8. The van der Waals surface area contributed by atoms with E-state index in [1.807, 2.05) is 45.0 Å². The normalized spacial score (nSPS) is 11.0. The molecular weight excluding hydrogens is 370 g/mol. The summed E-state index contributed by atoms with van der Waals surface area (Å²) in [5.41, 5.74) is 4.55. The van der Waals surface area contributed by atoms with E-state index < -0.39 is 0 Å². The van der Waals surface area contributed by atoms with Gasteiger partial charge >= 0.3 is 0 Å². The van der Waals surface area contributed by atoms with E-state index in [0.717, 1.165) is 42.0 Å². The number of aryl methyl sites for hydroxylation is 2. The standard InChI is InChI=1S/C22H25N3O2S/c1-4-8-18-12-21(27)24-22(23-18)28-14-20(26)19-11-15(2)25(16(19)3)13-17-9-6-5-7-10-17/h5-7,9-12H,4,8,13-14H2,1-3H3,(H,23,24,27). The Morgan fingerprint density at radius 3 is 2.64 bits per heavy atom. The van der Waals surface area contributed by atoms with E-state index in [0.29, 0.717) is 5.16 Å². The van der Waals surface area contributed by atoms with Crippen molar-refractivity contribution in [3.63, 3.8) is 0 Å². The number of ketones is 1. The number of thioether (sulfide) groups is 1. The molecule has 0 bridgehead atoms. The van der Waals surface area contributed by atoms with E-state index in [1.54, 1.807) is 0 Å². The zero-order valence-electron chi connectivity index (χ0n) is 16.5. The Morgan fingerprint density at radius 2 is 1.93 bits per heavy atom. The van der Waals surface area contributed by atoms with Crippen molar-refractivity contribution >= 4 is 17.5 Å². The van der Waals surface area contributed by atoms with Gasteiger partial charge < -0.3 is 9.55 Å². The number of H-pyrrole nitrogens is 1. The number of rotatable bonds is 8. The van der Waals surface area contributed by atoms with Crippen LogP contribution in [-0.4, -0.2) is 26.1 Å². The van der Waals surface area contributed by atoms with Crippen molar-refractivity contribution in [2.75, 3.05) is 5.75 Å². The highest BCUT2D eigenvalue weighted by Crippen LogP contribution is 2.21. The van der Waals surface area contributed by atoms with E-state index >= 15 is 0 Å². The largest absolute Gasteiger partial charge is 0.344 e. The number of aromatic nitrogens is 3. The van der Waals surface area contributed by atoms with Crippen molar-refractivity contribution in [2.45, 2.75) is 45.3 Å². The molecule has 28 heavy (non-hydrogen) atoms. The van der Waals surface area contributed by atoms with Gasteiger partial charge in [-0.25, -0.2) is 4.98 Å². The van der Waals surface area contributed by atoms with Crippen LogP contribution in [0.2, 0.25) is 0 Å². The molecule has 0 fully saturated rings. The topological polar surface area (TPSA) is 67.8 Å². The number of nitrogens with zero attached hydrogens (tertiary/aromatic N) is 2. The molecule has 6 heteroatoms. The Morgan fingerprint density at radius 1 is 1.18 bits per heavy atom. The third kappa shape index (κ3) is 4.81. The molecule has 146 valence electrons. The van der Waals surface area contributed by atoms with Crippen molar-refractivity contribution in [2.24, 2.45) is 0 Å². The molecule has 0 amide bonds. The van der Waals surface area contributed by atoms with Gasteiger partial charge in [0.1, 0.15) is 0 Å². The minimum absolute atomic E-state index is 0.0426. The van der Waals surface area contributed by atoms with Crippen LogP contribution >= 0.6 is 11.8 Å². The van der Waals surface area contributed by atoms with Gasteiger partial charge in [-0.2, -0.15) is 0 Å². The lowest BCUT2D eigenvalue weighted by Crippen LogP contribution is -2.12. The van der Waals surface area contributed by atoms with Crippen LogP contribution in [0.1, 0.15) is 46.3 Å². The van der Waals surface area contributed by atoms with Crippen molar-refractivity contribution in [1.82, 2.24) is 14.5 Å². The van der Waals surface area contributed by atoms with E-state index in [4.69, 9.17) is 0 Å². The lowest BCUT2D eigenvalue weighted by molar-refractivity contribution is 0.102. The quantitative estimate of drug-likeness (QED) is 0.353. The molecule has 0 aliphatic heterocycles. The number of hydrogen-bond acceptors (Lipinski definition) is 4. The third-order valence-electron chi connectivity index (χ3n) is 4.68. The third-order valence-corrected chi connectivity index (χ3v) is 5.55. The molecule has 5 nitrogen and oxygen atoms in total. The molecular formula is C22H25N3O2S. The van der Waals surface area contributed by atoms with Gasteiger partial charge in [0.15, 0.2) is 10.9 Å². The summed E-state index contributed by atoms with van der Waals surface area (Å²) in [5, 5.41) is 0.502. The van der Waals surface area contributed by atoms with Crippen LogP contribution in [0.4, 0.5) is 0 Å². The molecule has 0 saturated heterocycles. The lowest BCUT2D eigenvalue weighted by atomic mass is 10.2. The molecule has 0 unspecified atom stereocenters. The second-order valence-electron chi connectivity index (χ2n) is 6.86. The number of aromatic amines is 1. The summed E-state index contributed by atoms with van der Waals surface area (Å²) in [5.74, 6) is 0.287. The second kappa shape index (κ2) is 9.06. The fourth-order valence-corrected chi connectivity index (χ4v) is 4.02. The maximum absolute atomic E-state index is 12.8. The van der Waals surface area contributed by atoms with Crippen LogP contribution in [0.5, 0.6) is 0 Å². The van der Waals surface area contributed by atoms with Gasteiger partial charge in [0.25, 0.3) is 5.56 Å². The fourth-order valence-electron chi connectivity index (χ4n) is 3.24. The Balaban J connectivity index is 1.73. The molecule has 2 aromatic heterocycles. The highest BCUT2D eigenvalue weighted by atomic mass is 32.2. The number of carbonyl (C=O) groups is 1. The first-order chi connectivity index (χ1) is 13.5. The minimum Gasteiger partial charge on any atom is -0.344 e. The summed E-state index contributed by atoms with van der Waals surface area (Å²) >= 11 is 1.28. The van der Waals surface area contributed by atoms with Crippen LogP contribution in [0.15, 0.2) is 52.4 Å². The molecule has 0 spiro atoms. The van der Waals surface area contributed by atoms with E-state index in [1.165, 1.54) is 23.4 Å². The lowest BCUT2D eigenvalue weighted by Gasteiger charge is -2.10. The number of hydrogen-bond donors (Lipinski definition) is 1. The van der Waals surface area contributed by atoms with Crippen LogP contribution in [0.25, 0.3) is 0 Å². The van der Waals surface area contributed by atoms with Gasteiger partial charge in [-0.1, -0.05) is 55.4 Å². The van der Waals surface area contributed by atoms with Gasteiger partial charge in [-0.15, -0.1) is 0 Å². The van der Waals surface area contributed by atoms with Crippen LogP contribution in [-0.2, 0) is 13.0 Å². The summed E-state index contributed by atoms with van der Waals surface area (Å²) in [4.78, 5) is 31.7. The molecule has 2 heterocycles. The molecule has 1 N–H and O–H groups in total. The summed E-state index contributed by atoms with van der Waals surface area (Å²) in [6.45, 7) is 6.79. The molecule has 1 aromatic carbocycles. The molecule has 0 aliphatic rings. The highest BCUT2D eigenvalue weighted by Gasteiger charge is 2.16. The summed E-state index contributed by atoms with van der Waals surface area (Å²) < 4.78 is 2.16. The summed E-state index contributed by atoms with van der Waals surface area (Å²) in [7, 11) is 0. The fraction of sp³-hybridized carbons (Fsp3) is 0.318. The van der Waals surface area contributed by atoms with Gasteiger partial charge in [0.2, 0.25) is 0 Å². The van der Waals surface area contributed by atoms with Gasteiger partial charge in [0.05, 0.1) is 5.75 Å². The highest BCUT2D eigenvalue weighted by molar-refractivity contribution is 7.99. The molecule has 0 saturated carbocycles. The molecule has 3 rings (SSSR count). The van der Waals surface area contributed by atoms with Crippen molar-refractivity contribution in [3.05, 3.63) is 81.0 Å². The average Bonchev–Trinajstić information content (AvgIpc) is 2.95. The number of carbonyl (C=O) groups excluding carboxylic acids is 1. The molecule has 3 aromatic rings. The minimum atomic E-state index is -0.172. The first kappa shape index (κ1) is 20.1. The summed E-state index contributed by atoms with van der Waals surface area (Å²) in [6.07, 6.45) is 1.68. The monoisotopic (exact) mass is 395 g/mol. The number of benzene rings is 1. The first-order valence-electron chi connectivity index (χ1n) is 9.44. The maximum Gasteiger partial charge on any atom is 0.251 e. The van der Waals surface area contributed by atoms with Gasteiger partial charge in [0, 0.05) is 35.3 Å². The van der Waals surface area contributed by atoms with E-state index in [-0.39, 0.29) is 17.1 Å². The molecule has 0 atom stereocenters. The Bertz CT molecular complexity index is 1020. The van der Waals surface area contributed by atoms with Crippen LogP contribution in [0.3, 0.4) is 0 Å². The second-order valence-corrected chi connectivity index (χ2v) is 7.82. The molecule has 0 radical (unpaired) electrons. The predicted octanol–water partition coefficient (Wildman–Crippen LogP) is 4.16. The van der Waals surface area contributed by atoms with Crippen molar-refractivity contribution in [1.29, 1.82) is 0 Å². The summed E-state index contributed by atoms with van der Waals surface area (Å²) in [6, 6.07) is 13.7. The van der Waals surface area contributed by atoms with Crippen molar-refractivity contribution in [3.8, 4) is 0 Å². The van der Waals surface area contributed by atoms with Gasteiger partial charge in [-0.05, 0) is 31.9 Å². The zero-order chi connectivity index (χ0) is 20.1. The predicted molar refractivity (Wildman–Crippen MR) is 113 cm³/mol. The zero-order valence-corrected chi connectivity index (χ0v) is 17.3. The van der Waals surface area contributed by atoms with Crippen molar-refractivity contribution < 1.29 is 4.79 Å². The average molecular weight is 396 g/mol. The SMILES string of the molecule is CCCc1cc(=O)[nH]c(SCC(=O)c2cc(C)n(Cc3ccccc3)c2C)n1. The Kier molecular flexibility index (Phi) is 6.52. The van der Waals surface area contributed by atoms with E-state index in [2.05, 4.69) is 26.7 Å². The van der Waals surface area contributed by atoms with Crippen LogP contribution in [0, 0.1) is 13.8 Å². The van der Waals surface area contributed by atoms with E-state index in [9.17, 15) is 9.59 Å². The number of nitrogens with one attached hydrogen (secondary N) is 1. The first-order valence-corrected chi connectivity index (χ1v) is 10.4. The van der Waals surface area contributed by atoms with Crippen LogP contribution < -0.4 is 5.56 Å². The Labute approximate surface area is 169 Å². The Hall–Kier alpha value is -2.60. The number of Topliss-reactive ketones (excluding diaryl/α,β-unsaturated/α-hetero) is 1. The molecule has 0 aliphatic carbocycles.